The van der Waals surface area contributed by atoms with Crippen LogP contribution in [0.5, 0.6) is 0 Å². The van der Waals surface area contributed by atoms with E-state index < -0.39 is 0 Å². The van der Waals surface area contributed by atoms with Crippen LogP contribution in [0.1, 0.15) is 29.8 Å². The number of nitrogens with zero attached hydrogens (tertiary/aromatic N) is 2. The standard InChI is InChI=1S/C18H20N2O/c1-14-5-7-16(8-6-14)9-10-18(21)20-13-12-19-11-3-4-17(19)15(20)2/h3-11,15H,12-13H2,1-2H3. The lowest BCUT2D eigenvalue weighted by Crippen LogP contribution is -2.39. The summed E-state index contributed by atoms with van der Waals surface area (Å²) in [5.74, 6) is 0.0792. The first-order valence-electron chi connectivity index (χ1n) is 7.35. The van der Waals surface area contributed by atoms with Gasteiger partial charge in [0.25, 0.3) is 0 Å². The van der Waals surface area contributed by atoms with Crippen molar-refractivity contribution in [3.05, 3.63) is 65.5 Å². The van der Waals surface area contributed by atoms with Crippen molar-refractivity contribution in [3.63, 3.8) is 0 Å². The number of aryl methyl sites for hydroxylation is 1. The molecule has 2 aromatic rings. The molecule has 0 bridgehead atoms. The summed E-state index contributed by atoms with van der Waals surface area (Å²) in [7, 11) is 0. The summed E-state index contributed by atoms with van der Waals surface area (Å²) in [4.78, 5) is 14.3. The second kappa shape index (κ2) is 5.60. The SMILES string of the molecule is Cc1ccc(C=CC(=O)N2CCn3cccc3C2C)cc1. The number of hydrogen-bond acceptors (Lipinski definition) is 1. The molecule has 1 aromatic carbocycles. The third kappa shape index (κ3) is 2.77. The van der Waals surface area contributed by atoms with Gasteiger partial charge in [0, 0.05) is 31.1 Å². The van der Waals surface area contributed by atoms with Gasteiger partial charge < -0.3 is 9.47 Å². The van der Waals surface area contributed by atoms with Crippen molar-refractivity contribution < 1.29 is 4.79 Å². The maximum Gasteiger partial charge on any atom is 0.247 e. The quantitative estimate of drug-likeness (QED) is 0.774. The second-order valence-corrected chi connectivity index (χ2v) is 5.58. The summed E-state index contributed by atoms with van der Waals surface area (Å²) >= 11 is 0. The molecule has 3 rings (SSSR count). The van der Waals surface area contributed by atoms with Crippen LogP contribution in [0.4, 0.5) is 0 Å². The van der Waals surface area contributed by atoms with Gasteiger partial charge in [-0.2, -0.15) is 0 Å². The maximum atomic E-state index is 12.4. The molecule has 0 saturated carbocycles. The minimum absolute atomic E-state index is 0.0792. The Morgan fingerprint density at radius 3 is 2.71 bits per heavy atom. The highest BCUT2D eigenvalue weighted by molar-refractivity contribution is 5.92. The molecule has 3 nitrogen and oxygen atoms in total. The first kappa shape index (κ1) is 13.7. The molecule has 1 aromatic heterocycles. The average Bonchev–Trinajstić information content (AvgIpc) is 2.96. The molecule has 0 aliphatic carbocycles. The molecule has 0 N–H and O–H groups in total. The fourth-order valence-corrected chi connectivity index (χ4v) is 2.82. The van der Waals surface area contributed by atoms with E-state index in [0.717, 1.165) is 18.7 Å². The van der Waals surface area contributed by atoms with E-state index in [1.165, 1.54) is 11.3 Å². The Morgan fingerprint density at radius 2 is 1.95 bits per heavy atom. The minimum Gasteiger partial charge on any atom is -0.348 e. The van der Waals surface area contributed by atoms with E-state index in [1.807, 2.05) is 29.2 Å². The fourth-order valence-electron chi connectivity index (χ4n) is 2.82. The Bertz CT molecular complexity index is 667. The maximum absolute atomic E-state index is 12.4. The van der Waals surface area contributed by atoms with Crippen LogP contribution in [0.25, 0.3) is 6.08 Å². The monoisotopic (exact) mass is 280 g/mol. The van der Waals surface area contributed by atoms with Crippen LogP contribution in [0.3, 0.4) is 0 Å². The third-order valence-corrected chi connectivity index (χ3v) is 4.12. The molecular formula is C18H20N2O. The Balaban J connectivity index is 1.73. The number of rotatable bonds is 2. The van der Waals surface area contributed by atoms with Crippen LogP contribution in [0.2, 0.25) is 0 Å². The van der Waals surface area contributed by atoms with Crippen LogP contribution in [-0.2, 0) is 11.3 Å². The number of benzene rings is 1. The number of hydrogen-bond donors (Lipinski definition) is 0. The van der Waals surface area contributed by atoms with Crippen LogP contribution < -0.4 is 0 Å². The van der Waals surface area contributed by atoms with E-state index in [-0.39, 0.29) is 11.9 Å². The zero-order valence-corrected chi connectivity index (χ0v) is 12.5. The molecule has 1 atom stereocenters. The van der Waals surface area contributed by atoms with Crippen molar-refractivity contribution >= 4 is 12.0 Å². The van der Waals surface area contributed by atoms with Gasteiger partial charge in [-0.15, -0.1) is 0 Å². The summed E-state index contributed by atoms with van der Waals surface area (Å²) in [5.41, 5.74) is 3.49. The predicted octanol–water partition coefficient (Wildman–Crippen LogP) is 3.41. The zero-order valence-electron chi connectivity index (χ0n) is 12.5. The lowest BCUT2D eigenvalue weighted by molar-refractivity contribution is -0.129. The Kier molecular flexibility index (Phi) is 3.65. The summed E-state index contributed by atoms with van der Waals surface area (Å²) < 4.78 is 2.22. The van der Waals surface area contributed by atoms with Gasteiger partial charge in [-0.25, -0.2) is 0 Å². The van der Waals surface area contributed by atoms with Gasteiger partial charge in [0.1, 0.15) is 0 Å². The Hall–Kier alpha value is -2.29. The van der Waals surface area contributed by atoms with Gasteiger partial charge in [-0.3, -0.25) is 4.79 Å². The minimum atomic E-state index is 0.0792. The van der Waals surface area contributed by atoms with E-state index >= 15 is 0 Å². The van der Waals surface area contributed by atoms with Crippen LogP contribution in [0.15, 0.2) is 48.7 Å². The fraction of sp³-hybridized carbons (Fsp3) is 0.278. The van der Waals surface area contributed by atoms with E-state index in [4.69, 9.17) is 0 Å². The second-order valence-electron chi connectivity index (χ2n) is 5.58. The summed E-state index contributed by atoms with van der Waals surface area (Å²) in [6.45, 7) is 5.78. The molecule has 0 saturated heterocycles. The Morgan fingerprint density at radius 1 is 1.19 bits per heavy atom. The van der Waals surface area contributed by atoms with Gasteiger partial charge in [0.15, 0.2) is 0 Å². The van der Waals surface area contributed by atoms with Gasteiger partial charge in [0.2, 0.25) is 5.91 Å². The molecule has 1 amide bonds. The van der Waals surface area contributed by atoms with Gasteiger partial charge in [0.05, 0.1) is 6.04 Å². The molecule has 1 aliphatic rings. The van der Waals surface area contributed by atoms with Gasteiger partial charge >= 0.3 is 0 Å². The molecule has 0 fully saturated rings. The number of carbonyl (C=O) groups is 1. The third-order valence-electron chi connectivity index (χ3n) is 4.12. The number of fused-ring (bicyclic) bond motifs is 1. The number of carbonyl (C=O) groups excluding carboxylic acids is 1. The number of aromatic nitrogens is 1. The van der Waals surface area contributed by atoms with Crippen molar-refractivity contribution in [3.8, 4) is 0 Å². The lowest BCUT2D eigenvalue weighted by Gasteiger charge is -2.34. The molecule has 21 heavy (non-hydrogen) atoms. The summed E-state index contributed by atoms with van der Waals surface area (Å²) in [6.07, 6.45) is 5.65. The van der Waals surface area contributed by atoms with E-state index in [9.17, 15) is 4.79 Å². The molecule has 3 heteroatoms. The molecule has 1 aliphatic heterocycles. The summed E-state index contributed by atoms with van der Waals surface area (Å²) in [5, 5.41) is 0. The molecule has 108 valence electrons. The van der Waals surface area contributed by atoms with Crippen molar-refractivity contribution in [2.75, 3.05) is 6.54 Å². The topological polar surface area (TPSA) is 25.2 Å². The highest BCUT2D eigenvalue weighted by atomic mass is 16.2. The molecular weight excluding hydrogens is 260 g/mol. The van der Waals surface area contributed by atoms with Crippen molar-refractivity contribution in [2.45, 2.75) is 26.4 Å². The highest BCUT2D eigenvalue weighted by Gasteiger charge is 2.25. The predicted molar refractivity (Wildman–Crippen MR) is 84.8 cm³/mol. The van der Waals surface area contributed by atoms with Crippen molar-refractivity contribution in [1.29, 1.82) is 0 Å². The first-order chi connectivity index (χ1) is 10.1. The smallest absolute Gasteiger partial charge is 0.247 e. The van der Waals surface area contributed by atoms with Crippen molar-refractivity contribution in [1.82, 2.24) is 9.47 Å². The van der Waals surface area contributed by atoms with Gasteiger partial charge in [-0.05, 0) is 37.6 Å². The molecule has 1 unspecified atom stereocenters. The first-order valence-corrected chi connectivity index (χ1v) is 7.35. The highest BCUT2D eigenvalue weighted by Crippen LogP contribution is 2.25. The van der Waals surface area contributed by atoms with Crippen LogP contribution in [-0.4, -0.2) is 21.9 Å². The Labute approximate surface area is 125 Å². The average molecular weight is 280 g/mol. The van der Waals surface area contributed by atoms with Gasteiger partial charge in [-0.1, -0.05) is 29.8 Å². The molecule has 2 heterocycles. The zero-order chi connectivity index (χ0) is 14.8. The number of amides is 1. The molecule has 0 radical (unpaired) electrons. The molecule has 0 spiro atoms. The van der Waals surface area contributed by atoms with Crippen LogP contribution in [0, 0.1) is 6.92 Å². The lowest BCUT2D eigenvalue weighted by atomic mass is 10.1. The largest absolute Gasteiger partial charge is 0.348 e. The normalized spacial score (nSPS) is 18.0. The van der Waals surface area contributed by atoms with E-state index in [1.54, 1.807) is 6.08 Å². The van der Waals surface area contributed by atoms with Crippen LogP contribution >= 0.6 is 0 Å². The van der Waals surface area contributed by atoms with E-state index in [2.05, 4.69) is 42.8 Å². The van der Waals surface area contributed by atoms with Crippen molar-refractivity contribution in [2.24, 2.45) is 0 Å². The van der Waals surface area contributed by atoms with E-state index in [0.29, 0.717) is 0 Å². The summed E-state index contributed by atoms with van der Waals surface area (Å²) in [6, 6.07) is 12.4.